The van der Waals surface area contributed by atoms with Crippen LogP contribution in [0.3, 0.4) is 0 Å². The van der Waals surface area contributed by atoms with E-state index in [4.69, 9.17) is 0 Å². The molecule has 0 amide bonds. The highest BCUT2D eigenvalue weighted by atomic mass is 15.6. The van der Waals surface area contributed by atoms with Crippen molar-refractivity contribution in [2.75, 3.05) is 6.54 Å². The van der Waals surface area contributed by atoms with Gasteiger partial charge in [-0.1, -0.05) is 0 Å². The van der Waals surface area contributed by atoms with Crippen molar-refractivity contribution in [3.8, 4) is 0 Å². The molecule has 5 heteroatoms. The first kappa shape index (κ1) is 9.58. The molecule has 1 aliphatic rings. The standard InChI is InChI=1S/C9H17N5/c1-9(2,3)14-8(11-12-13-14)7-5-4-6-10-7/h7,10H,4-6H2,1-3H3. The van der Waals surface area contributed by atoms with Gasteiger partial charge in [0.15, 0.2) is 5.82 Å². The first-order valence-electron chi connectivity index (χ1n) is 5.11. The van der Waals surface area contributed by atoms with Crippen LogP contribution in [-0.2, 0) is 5.54 Å². The molecular weight excluding hydrogens is 178 g/mol. The SMILES string of the molecule is CC(C)(C)n1nnnc1C1CCCN1. The molecule has 2 rings (SSSR count). The number of hydrogen-bond acceptors (Lipinski definition) is 4. The minimum Gasteiger partial charge on any atom is -0.307 e. The van der Waals surface area contributed by atoms with E-state index >= 15 is 0 Å². The molecule has 5 nitrogen and oxygen atoms in total. The summed E-state index contributed by atoms with van der Waals surface area (Å²) in [5.74, 6) is 0.968. The van der Waals surface area contributed by atoms with Gasteiger partial charge in [0.05, 0.1) is 11.6 Å². The Morgan fingerprint density at radius 3 is 2.79 bits per heavy atom. The number of tetrazole rings is 1. The fraction of sp³-hybridized carbons (Fsp3) is 0.889. The molecule has 2 heterocycles. The van der Waals surface area contributed by atoms with Crippen LogP contribution in [0.2, 0.25) is 0 Å². The summed E-state index contributed by atoms with van der Waals surface area (Å²) in [6.45, 7) is 7.41. The minimum atomic E-state index is -0.0386. The molecule has 0 spiro atoms. The van der Waals surface area contributed by atoms with Gasteiger partial charge in [0.2, 0.25) is 0 Å². The molecule has 0 bridgehead atoms. The highest BCUT2D eigenvalue weighted by Crippen LogP contribution is 2.24. The van der Waals surface area contributed by atoms with Gasteiger partial charge in [0, 0.05) is 0 Å². The lowest BCUT2D eigenvalue weighted by Crippen LogP contribution is -2.29. The maximum Gasteiger partial charge on any atom is 0.168 e. The van der Waals surface area contributed by atoms with Gasteiger partial charge in [-0.15, -0.1) is 5.10 Å². The summed E-state index contributed by atoms with van der Waals surface area (Å²) in [6, 6.07) is 0.337. The molecule has 0 aliphatic carbocycles. The summed E-state index contributed by atoms with van der Waals surface area (Å²) in [5, 5.41) is 15.3. The number of nitrogens with one attached hydrogen (secondary N) is 1. The van der Waals surface area contributed by atoms with Gasteiger partial charge in [-0.25, -0.2) is 4.68 Å². The Morgan fingerprint density at radius 1 is 1.43 bits per heavy atom. The smallest absolute Gasteiger partial charge is 0.168 e. The van der Waals surface area contributed by atoms with Gasteiger partial charge < -0.3 is 5.32 Å². The van der Waals surface area contributed by atoms with E-state index in [2.05, 4.69) is 41.6 Å². The maximum absolute atomic E-state index is 4.10. The van der Waals surface area contributed by atoms with Gasteiger partial charge in [-0.05, 0) is 50.6 Å². The zero-order valence-corrected chi connectivity index (χ0v) is 8.99. The molecule has 14 heavy (non-hydrogen) atoms. The molecule has 1 aromatic rings. The molecular formula is C9H17N5. The first-order valence-corrected chi connectivity index (χ1v) is 5.11. The van der Waals surface area contributed by atoms with Gasteiger partial charge in [0.1, 0.15) is 0 Å². The van der Waals surface area contributed by atoms with Gasteiger partial charge in [-0.2, -0.15) is 0 Å². The zero-order valence-electron chi connectivity index (χ0n) is 8.99. The summed E-state index contributed by atoms with van der Waals surface area (Å²) < 4.78 is 1.91. The summed E-state index contributed by atoms with van der Waals surface area (Å²) in [5.41, 5.74) is -0.0386. The summed E-state index contributed by atoms with van der Waals surface area (Å²) in [7, 11) is 0. The first-order chi connectivity index (χ1) is 6.59. The van der Waals surface area contributed by atoms with E-state index in [-0.39, 0.29) is 5.54 Å². The lowest BCUT2D eigenvalue weighted by molar-refractivity contribution is 0.324. The second-order valence-corrected chi connectivity index (χ2v) is 4.77. The van der Waals surface area contributed by atoms with E-state index in [9.17, 15) is 0 Å². The van der Waals surface area contributed by atoms with E-state index in [1.807, 2.05) is 4.68 Å². The Bertz CT molecular complexity index is 305. The lowest BCUT2D eigenvalue weighted by atomic mass is 10.1. The Hall–Kier alpha value is -0.970. The maximum atomic E-state index is 4.10. The topological polar surface area (TPSA) is 55.6 Å². The van der Waals surface area contributed by atoms with Crippen LogP contribution >= 0.6 is 0 Å². The molecule has 0 aromatic carbocycles. The van der Waals surface area contributed by atoms with Crippen LogP contribution in [0.15, 0.2) is 0 Å². The average molecular weight is 195 g/mol. The number of aromatic nitrogens is 4. The van der Waals surface area contributed by atoms with Crippen LogP contribution in [0.5, 0.6) is 0 Å². The molecule has 1 saturated heterocycles. The van der Waals surface area contributed by atoms with Crippen molar-refractivity contribution in [2.24, 2.45) is 0 Å². The lowest BCUT2D eigenvalue weighted by Gasteiger charge is -2.22. The van der Waals surface area contributed by atoms with E-state index < -0.39 is 0 Å². The van der Waals surface area contributed by atoms with Crippen molar-refractivity contribution >= 4 is 0 Å². The van der Waals surface area contributed by atoms with Crippen LogP contribution in [0.1, 0.15) is 45.5 Å². The average Bonchev–Trinajstić information content (AvgIpc) is 2.73. The second-order valence-electron chi connectivity index (χ2n) is 4.77. The van der Waals surface area contributed by atoms with E-state index in [0.717, 1.165) is 18.8 Å². The van der Waals surface area contributed by atoms with Crippen LogP contribution in [-0.4, -0.2) is 26.8 Å². The molecule has 0 radical (unpaired) electrons. The summed E-state index contributed by atoms with van der Waals surface area (Å²) in [6.07, 6.45) is 2.35. The monoisotopic (exact) mass is 195 g/mol. The van der Waals surface area contributed by atoms with Crippen molar-refractivity contribution in [3.63, 3.8) is 0 Å². The van der Waals surface area contributed by atoms with Crippen molar-refractivity contribution in [3.05, 3.63) is 5.82 Å². The third-order valence-corrected chi connectivity index (χ3v) is 2.50. The molecule has 1 aromatic heterocycles. The Kier molecular flexibility index (Phi) is 2.26. The third kappa shape index (κ3) is 1.64. The normalized spacial score (nSPS) is 22.9. The quantitative estimate of drug-likeness (QED) is 0.722. The van der Waals surface area contributed by atoms with Gasteiger partial charge in [0.25, 0.3) is 0 Å². The van der Waals surface area contributed by atoms with Crippen molar-refractivity contribution < 1.29 is 0 Å². The van der Waals surface area contributed by atoms with Crippen molar-refractivity contribution in [1.29, 1.82) is 0 Å². The fourth-order valence-corrected chi connectivity index (χ4v) is 1.79. The van der Waals surface area contributed by atoms with E-state index in [1.165, 1.54) is 6.42 Å². The second kappa shape index (κ2) is 3.31. The molecule has 1 aliphatic heterocycles. The van der Waals surface area contributed by atoms with E-state index in [0.29, 0.717) is 6.04 Å². The molecule has 0 saturated carbocycles. The number of hydrogen-bond donors (Lipinski definition) is 1. The minimum absolute atomic E-state index is 0.0386. The number of rotatable bonds is 1. The van der Waals surface area contributed by atoms with Crippen molar-refractivity contribution in [1.82, 2.24) is 25.5 Å². The zero-order chi connectivity index (χ0) is 10.2. The van der Waals surface area contributed by atoms with Gasteiger partial charge in [-0.3, -0.25) is 0 Å². The Balaban J connectivity index is 2.29. The Labute approximate surface area is 83.9 Å². The van der Waals surface area contributed by atoms with Crippen LogP contribution in [0.4, 0.5) is 0 Å². The molecule has 1 N–H and O–H groups in total. The van der Waals surface area contributed by atoms with Gasteiger partial charge >= 0.3 is 0 Å². The Morgan fingerprint density at radius 2 is 2.21 bits per heavy atom. The summed E-state index contributed by atoms with van der Waals surface area (Å²) >= 11 is 0. The highest BCUT2D eigenvalue weighted by Gasteiger charge is 2.27. The predicted molar refractivity (Wildman–Crippen MR) is 52.8 cm³/mol. The fourth-order valence-electron chi connectivity index (χ4n) is 1.79. The molecule has 78 valence electrons. The predicted octanol–water partition coefficient (Wildman–Crippen LogP) is 0.853. The molecule has 1 fully saturated rings. The highest BCUT2D eigenvalue weighted by molar-refractivity contribution is 4.97. The summed E-state index contributed by atoms with van der Waals surface area (Å²) in [4.78, 5) is 0. The van der Waals surface area contributed by atoms with E-state index in [1.54, 1.807) is 0 Å². The third-order valence-electron chi connectivity index (χ3n) is 2.50. The molecule has 1 atom stereocenters. The largest absolute Gasteiger partial charge is 0.307 e. The molecule has 1 unspecified atom stereocenters. The van der Waals surface area contributed by atoms with Crippen LogP contribution < -0.4 is 5.32 Å². The van der Waals surface area contributed by atoms with Crippen LogP contribution in [0, 0.1) is 0 Å². The van der Waals surface area contributed by atoms with Crippen molar-refractivity contribution in [2.45, 2.75) is 45.2 Å². The van der Waals surface area contributed by atoms with Crippen LogP contribution in [0.25, 0.3) is 0 Å². The number of nitrogens with zero attached hydrogens (tertiary/aromatic N) is 4.